The molecule has 1 aromatic heterocycles. The Morgan fingerprint density at radius 1 is 1.05 bits per heavy atom. The Balaban J connectivity index is 1.34. The number of nitrogens with zero attached hydrogens (tertiary/aromatic N) is 1. The van der Waals surface area contributed by atoms with Crippen molar-refractivity contribution in [2.24, 2.45) is 5.92 Å². The molecule has 0 aliphatic heterocycles. The fourth-order valence-corrected chi connectivity index (χ4v) is 5.29. The van der Waals surface area contributed by atoms with E-state index in [1.807, 2.05) is 0 Å². The second kappa shape index (κ2) is 14.3. The molecule has 3 N–H and O–H groups in total. The summed E-state index contributed by atoms with van der Waals surface area (Å²) in [6.45, 7) is 13.8. The summed E-state index contributed by atoms with van der Waals surface area (Å²) >= 11 is 0. The molecule has 0 saturated heterocycles. The van der Waals surface area contributed by atoms with Crippen LogP contribution in [-0.2, 0) is 4.74 Å². The molecule has 0 bridgehead atoms. The van der Waals surface area contributed by atoms with Gasteiger partial charge in [-0.25, -0.2) is 8.78 Å². The van der Waals surface area contributed by atoms with Gasteiger partial charge in [-0.2, -0.15) is 0 Å². The van der Waals surface area contributed by atoms with Crippen LogP contribution < -0.4 is 21.3 Å². The Kier molecular flexibility index (Phi) is 10.6. The molecule has 1 fully saturated rings. The van der Waals surface area contributed by atoms with Crippen molar-refractivity contribution in [1.82, 2.24) is 9.88 Å². The molecule has 2 aromatic carbocycles. The highest BCUT2D eigenvalue weighted by Crippen LogP contribution is 2.29. The molecule has 1 aliphatic rings. The average molecular weight is 578 g/mol. The van der Waals surface area contributed by atoms with Gasteiger partial charge in [0, 0.05) is 23.3 Å². The number of pyridine rings is 1. The van der Waals surface area contributed by atoms with Crippen LogP contribution in [0.25, 0.3) is 11.3 Å². The van der Waals surface area contributed by atoms with Gasteiger partial charge in [0.15, 0.2) is 0 Å². The largest absolute Gasteiger partial charge is 0.494 e. The van der Waals surface area contributed by atoms with Crippen LogP contribution >= 0.6 is 0 Å². The minimum absolute atomic E-state index is 0.102. The molecule has 0 spiro atoms. The average Bonchev–Trinajstić information content (AvgIpc) is 3.45. The summed E-state index contributed by atoms with van der Waals surface area (Å²) in [5.41, 5.74) is 7.26. The second-order valence-electron chi connectivity index (χ2n) is 11.2. The smallest absolute Gasteiger partial charge is 0.256 e. The standard InChI is InChI=1S/C34H41F2N3O3/c1-22(2)20-32(24(4)42-28-8-5-6-9-28)38-18-7-19-41-27-13-11-26(12-14-27)39-33(40)17-16-30(34(39)37)23(3)29-15-10-25(35)21-31(29)36/h10-17,21-22,28,32,38H,3-9,18-20,37H2,1-2H3/t32-/m0/s1. The number of anilines is 1. The molecule has 6 nitrogen and oxygen atoms in total. The van der Waals surface area contributed by atoms with Gasteiger partial charge in [-0.15, -0.1) is 0 Å². The lowest BCUT2D eigenvalue weighted by atomic mass is 9.99. The number of hydrogen-bond acceptors (Lipinski definition) is 5. The Morgan fingerprint density at radius 3 is 2.40 bits per heavy atom. The molecule has 1 heterocycles. The molecule has 3 aromatic rings. The Hall–Kier alpha value is -3.91. The third-order valence-electron chi connectivity index (χ3n) is 7.50. The van der Waals surface area contributed by atoms with E-state index in [2.05, 4.69) is 32.3 Å². The zero-order chi connectivity index (χ0) is 30.2. The van der Waals surface area contributed by atoms with Crippen LogP contribution in [0.15, 0.2) is 78.3 Å². The molecule has 42 heavy (non-hydrogen) atoms. The van der Waals surface area contributed by atoms with E-state index >= 15 is 0 Å². The van der Waals surface area contributed by atoms with Gasteiger partial charge >= 0.3 is 0 Å². The van der Waals surface area contributed by atoms with E-state index in [4.69, 9.17) is 15.2 Å². The van der Waals surface area contributed by atoms with Crippen molar-refractivity contribution in [2.75, 3.05) is 18.9 Å². The molecule has 1 saturated carbocycles. The summed E-state index contributed by atoms with van der Waals surface area (Å²) in [5.74, 6) is 0.664. The molecule has 224 valence electrons. The minimum atomic E-state index is -0.758. The maximum atomic E-state index is 14.4. The highest BCUT2D eigenvalue weighted by Gasteiger charge is 2.22. The van der Waals surface area contributed by atoms with Gasteiger partial charge in [0.05, 0.1) is 24.4 Å². The summed E-state index contributed by atoms with van der Waals surface area (Å²) in [4.78, 5) is 12.7. The lowest BCUT2D eigenvalue weighted by Gasteiger charge is -2.25. The van der Waals surface area contributed by atoms with Crippen LogP contribution in [0, 0.1) is 17.6 Å². The van der Waals surface area contributed by atoms with Gasteiger partial charge in [-0.05, 0) is 99.0 Å². The molecule has 0 unspecified atom stereocenters. The molecule has 0 amide bonds. The molecular formula is C34H41F2N3O3. The molecular weight excluding hydrogens is 536 g/mol. The maximum absolute atomic E-state index is 14.4. The van der Waals surface area contributed by atoms with Crippen LogP contribution in [0.5, 0.6) is 5.75 Å². The van der Waals surface area contributed by atoms with Crippen molar-refractivity contribution < 1.29 is 18.3 Å². The van der Waals surface area contributed by atoms with Gasteiger partial charge in [0.1, 0.15) is 29.0 Å². The Labute approximate surface area is 246 Å². The zero-order valence-corrected chi connectivity index (χ0v) is 24.5. The number of nitrogens with one attached hydrogen (secondary N) is 1. The fourth-order valence-electron chi connectivity index (χ4n) is 5.29. The first kappa shape index (κ1) is 31.0. The Morgan fingerprint density at radius 2 is 1.74 bits per heavy atom. The number of nitrogens with two attached hydrogens (primary N) is 1. The molecule has 1 atom stereocenters. The predicted octanol–water partition coefficient (Wildman–Crippen LogP) is 7.01. The number of rotatable bonds is 14. The van der Waals surface area contributed by atoms with E-state index in [1.165, 1.54) is 35.6 Å². The highest BCUT2D eigenvalue weighted by atomic mass is 19.1. The summed E-state index contributed by atoms with van der Waals surface area (Å²) in [5, 5.41) is 3.58. The quantitative estimate of drug-likeness (QED) is 0.159. The normalized spacial score (nSPS) is 14.2. The Bertz CT molecular complexity index is 1440. The van der Waals surface area contributed by atoms with Crippen molar-refractivity contribution in [3.05, 3.63) is 107 Å². The van der Waals surface area contributed by atoms with E-state index < -0.39 is 11.6 Å². The summed E-state index contributed by atoms with van der Waals surface area (Å²) in [6, 6.07) is 13.2. The van der Waals surface area contributed by atoms with Crippen molar-refractivity contribution >= 4 is 11.4 Å². The van der Waals surface area contributed by atoms with Crippen LogP contribution in [0.4, 0.5) is 14.6 Å². The summed E-state index contributed by atoms with van der Waals surface area (Å²) in [7, 11) is 0. The number of halogens is 2. The van der Waals surface area contributed by atoms with Gasteiger partial charge in [0.2, 0.25) is 0 Å². The number of benzene rings is 2. The van der Waals surface area contributed by atoms with E-state index in [-0.39, 0.29) is 28.6 Å². The van der Waals surface area contributed by atoms with E-state index in [0.29, 0.717) is 35.6 Å². The van der Waals surface area contributed by atoms with E-state index in [1.54, 1.807) is 24.3 Å². The third kappa shape index (κ3) is 7.88. The van der Waals surface area contributed by atoms with Crippen LogP contribution in [0.2, 0.25) is 0 Å². The molecule has 4 rings (SSSR count). The first-order valence-electron chi connectivity index (χ1n) is 14.6. The molecule has 0 radical (unpaired) electrons. The van der Waals surface area contributed by atoms with Gasteiger partial charge in [-0.1, -0.05) is 27.0 Å². The number of hydrogen-bond donors (Lipinski definition) is 2. The van der Waals surface area contributed by atoms with E-state index in [9.17, 15) is 13.6 Å². The van der Waals surface area contributed by atoms with Crippen LogP contribution in [0.1, 0.15) is 63.5 Å². The lowest BCUT2D eigenvalue weighted by molar-refractivity contribution is 0.101. The van der Waals surface area contributed by atoms with E-state index in [0.717, 1.165) is 50.1 Å². The third-order valence-corrected chi connectivity index (χ3v) is 7.50. The zero-order valence-electron chi connectivity index (χ0n) is 24.5. The van der Waals surface area contributed by atoms with Crippen molar-refractivity contribution in [1.29, 1.82) is 0 Å². The van der Waals surface area contributed by atoms with Crippen molar-refractivity contribution in [3.63, 3.8) is 0 Å². The van der Waals surface area contributed by atoms with Gasteiger partial charge < -0.3 is 20.5 Å². The van der Waals surface area contributed by atoms with Crippen molar-refractivity contribution in [2.45, 2.75) is 64.5 Å². The topological polar surface area (TPSA) is 78.5 Å². The number of nitrogen functional groups attached to an aromatic ring is 1. The summed E-state index contributed by atoms with van der Waals surface area (Å²) in [6.07, 6.45) is 6.72. The maximum Gasteiger partial charge on any atom is 0.256 e. The number of ether oxygens (including phenoxy) is 2. The number of aromatic nitrogens is 1. The second-order valence-corrected chi connectivity index (χ2v) is 11.2. The first-order valence-corrected chi connectivity index (χ1v) is 14.6. The predicted molar refractivity (Wildman–Crippen MR) is 165 cm³/mol. The first-order chi connectivity index (χ1) is 20.1. The lowest BCUT2D eigenvalue weighted by Crippen LogP contribution is -2.35. The van der Waals surface area contributed by atoms with Gasteiger partial charge in [0.25, 0.3) is 5.56 Å². The molecule has 1 aliphatic carbocycles. The summed E-state index contributed by atoms with van der Waals surface area (Å²) < 4.78 is 41.2. The van der Waals surface area contributed by atoms with Crippen molar-refractivity contribution in [3.8, 4) is 11.4 Å². The van der Waals surface area contributed by atoms with Crippen LogP contribution in [0.3, 0.4) is 0 Å². The molecule has 8 heteroatoms. The SMILES string of the molecule is C=C(c1ccc(F)cc1F)c1ccc(=O)n(-c2ccc(OCCCN[C@@H](CC(C)C)C(=C)OC3CCCC3)cc2)c1N. The highest BCUT2D eigenvalue weighted by molar-refractivity contribution is 5.83. The monoisotopic (exact) mass is 577 g/mol. The minimum Gasteiger partial charge on any atom is -0.494 e. The van der Waals surface area contributed by atoms with Gasteiger partial charge in [-0.3, -0.25) is 9.36 Å². The fraction of sp³-hybridized carbons (Fsp3) is 0.382. The van der Waals surface area contributed by atoms with Crippen LogP contribution in [-0.4, -0.2) is 29.9 Å².